The Balaban J connectivity index is 2.28. The van der Waals surface area contributed by atoms with Crippen LogP contribution in [0.5, 0.6) is 0 Å². The van der Waals surface area contributed by atoms with Gasteiger partial charge in [0.15, 0.2) is 6.04 Å². The summed E-state index contributed by atoms with van der Waals surface area (Å²) in [5, 5.41) is 5.38. The predicted octanol–water partition coefficient (Wildman–Crippen LogP) is -1.50. The molecule has 0 bridgehead atoms. The molecule has 6 nitrogen and oxygen atoms in total. The van der Waals surface area contributed by atoms with Crippen molar-refractivity contribution in [1.82, 2.24) is 10.6 Å². The van der Waals surface area contributed by atoms with Crippen molar-refractivity contribution in [2.24, 2.45) is 15.0 Å². The quantitative estimate of drug-likeness (QED) is 0.458. The molecule has 0 aromatic heterocycles. The highest BCUT2D eigenvalue weighted by molar-refractivity contribution is 6.24. The van der Waals surface area contributed by atoms with Gasteiger partial charge in [-0.3, -0.25) is 20.1 Å². The molecule has 2 heterocycles. The first-order chi connectivity index (χ1) is 5.81. The van der Waals surface area contributed by atoms with E-state index in [2.05, 4.69) is 25.6 Å². The molecule has 2 aliphatic rings. The van der Waals surface area contributed by atoms with Crippen LogP contribution in [0, 0.1) is 0 Å². The summed E-state index contributed by atoms with van der Waals surface area (Å²) in [6.07, 6.45) is 1.37. The highest BCUT2D eigenvalue weighted by Crippen LogP contribution is 2.03. The van der Waals surface area contributed by atoms with Crippen molar-refractivity contribution in [3.8, 4) is 0 Å². The minimum absolute atomic E-state index is 0.193. The lowest BCUT2D eigenvalue weighted by atomic mass is 10.2. The average Bonchev–Trinajstić information content (AvgIpc) is 2.52. The molecule has 2 rings (SSSR count). The number of rotatable bonds is 0. The minimum Gasteiger partial charge on any atom is -0.312 e. The highest BCUT2D eigenvalue weighted by atomic mass is 16.2. The average molecular weight is 165 g/mol. The zero-order valence-corrected chi connectivity index (χ0v) is 6.40. The van der Waals surface area contributed by atoms with Gasteiger partial charge in [-0.05, 0) is 0 Å². The topological polar surface area (TPSA) is 78.2 Å². The number of amidine groups is 1. The molecule has 12 heavy (non-hydrogen) atoms. The molecule has 0 radical (unpaired) electrons. The Morgan fingerprint density at radius 3 is 3.17 bits per heavy atom. The van der Waals surface area contributed by atoms with Crippen LogP contribution in [0.1, 0.15) is 0 Å². The fourth-order valence-corrected chi connectivity index (χ4v) is 1.05. The molecule has 1 fully saturated rings. The first-order valence-corrected chi connectivity index (χ1v) is 3.45. The predicted molar refractivity (Wildman–Crippen MR) is 44.4 cm³/mol. The van der Waals surface area contributed by atoms with Crippen molar-refractivity contribution in [2.75, 3.05) is 7.05 Å². The molecule has 62 valence electrons. The van der Waals surface area contributed by atoms with Crippen LogP contribution in [-0.2, 0) is 4.79 Å². The molecule has 2 N–H and O–H groups in total. The lowest BCUT2D eigenvalue weighted by Crippen LogP contribution is -2.57. The molecule has 1 saturated heterocycles. The molecule has 1 unspecified atom stereocenters. The number of hydrogen-bond donors (Lipinski definition) is 2. The second-order valence-electron chi connectivity index (χ2n) is 2.37. The number of carbonyl (C=O) groups is 1. The van der Waals surface area contributed by atoms with Gasteiger partial charge in [-0.2, -0.15) is 0 Å². The van der Waals surface area contributed by atoms with E-state index < -0.39 is 6.04 Å². The van der Waals surface area contributed by atoms with E-state index in [0.29, 0.717) is 11.8 Å². The third-order valence-electron chi connectivity index (χ3n) is 1.63. The summed E-state index contributed by atoms with van der Waals surface area (Å²) < 4.78 is 0. The maximum absolute atomic E-state index is 11.2. The third-order valence-corrected chi connectivity index (χ3v) is 1.63. The summed E-state index contributed by atoms with van der Waals surface area (Å²) in [5.74, 6) is 0.765. The van der Waals surface area contributed by atoms with E-state index in [1.54, 1.807) is 7.05 Å². The summed E-state index contributed by atoms with van der Waals surface area (Å²) >= 11 is 0. The fraction of sp³-hybridized carbons (Fsp3) is 0.333. The lowest BCUT2D eigenvalue weighted by Gasteiger charge is -2.20. The number of nitrogens with zero attached hydrogens (tertiary/aromatic N) is 3. The summed E-state index contributed by atoms with van der Waals surface area (Å²) in [6.45, 7) is 0. The first-order valence-electron chi connectivity index (χ1n) is 3.45. The van der Waals surface area contributed by atoms with E-state index in [9.17, 15) is 4.79 Å². The van der Waals surface area contributed by atoms with Crippen LogP contribution >= 0.6 is 0 Å². The fourth-order valence-electron chi connectivity index (χ4n) is 1.05. The minimum atomic E-state index is -0.504. The zero-order valence-electron chi connectivity index (χ0n) is 6.40. The largest absolute Gasteiger partial charge is 0.312 e. The molecule has 0 aromatic carbocycles. The van der Waals surface area contributed by atoms with Crippen LogP contribution in [0.25, 0.3) is 0 Å². The Labute approximate surface area is 68.5 Å². The Morgan fingerprint density at radius 1 is 1.58 bits per heavy atom. The Hall–Kier alpha value is -1.72. The second-order valence-corrected chi connectivity index (χ2v) is 2.37. The van der Waals surface area contributed by atoms with Crippen LogP contribution in [-0.4, -0.2) is 37.1 Å². The van der Waals surface area contributed by atoms with E-state index in [1.807, 2.05) is 0 Å². The Bertz CT molecular complexity index is 316. The van der Waals surface area contributed by atoms with E-state index in [4.69, 9.17) is 0 Å². The molecular weight excluding hydrogens is 158 g/mol. The molecule has 6 heteroatoms. The van der Waals surface area contributed by atoms with Gasteiger partial charge >= 0.3 is 0 Å². The SMILES string of the molecule is CN=C1NC(=O)C2N=CN=C2N1. The Kier molecular flexibility index (Phi) is 1.39. The van der Waals surface area contributed by atoms with Gasteiger partial charge in [-0.1, -0.05) is 0 Å². The van der Waals surface area contributed by atoms with Gasteiger partial charge in [0.1, 0.15) is 12.2 Å². The molecule has 0 aromatic rings. The lowest BCUT2D eigenvalue weighted by molar-refractivity contribution is -0.119. The molecule has 0 spiro atoms. The van der Waals surface area contributed by atoms with Crippen LogP contribution in [0.2, 0.25) is 0 Å². The van der Waals surface area contributed by atoms with Gasteiger partial charge in [0.05, 0.1) is 0 Å². The van der Waals surface area contributed by atoms with Crippen LogP contribution in [0.4, 0.5) is 0 Å². The number of amides is 1. The molecule has 1 atom stereocenters. The van der Waals surface area contributed by atoms with Gasteiger partial charge < -0.3 is 5.32 Å². The van der Waals surface area contributed by atoms with Crippen molar-refractivity contribution in [2.45, 2.75) is 6.04 Å². The summed E-state index contributed by atoms with van der Waals surface area (Å²) in [7, 11) is 1.58. The van der Waals surface area contributed by atoms with Gasteiger partial charge in [0, 0.05) is 7.05 Å². The van der Waals surface area contributed by atoms with Crippen molar-refractivity contribution in [3.63, 3.8) is 0 Å². The first kappa shape index (κ1) is 6.96. The monoisotopic (exact) mass is 165 g/mol. The number of fused-ring (bicyclic) bond motifs is 1. The zero-order chi connectivity index (χ0) is 8.55. The van der Waals surface area contributed by atoms with Gasteiger partial charge in [0.2, 0.25) is 5.96 Å². The highest BCUT2D eigenvalue weighted by Gasteiger charge is 2.32. The van der Waals surface area contributed by atoms with Gasteiger partial charge in [-0.15, -0.1) is 0 Å². The number of aliphatic imine (C=N–C) groups is 3. The smallest absolute Gasteiger partial charge is 0.259 e. The van der Waals surface area contributed by atoms with Crippen molar-refractivity contribution < 1.29 is 4.79 Å². The van der Waals surface area contributed by atoms with E-state index >= 15 is 0 Å². The van der Waals surface area contributed by atoms with E-state index in [-0.39, 0.29) is 5.91 Å². The number of guanidine groups is 1. The standard InChI is InChI=1S/C6H7N5O/c1-7-6-10-4-3(5(12)11-6)8-2-9-4/h2-3H,1H3,(H2,7,8,9,10,11,12). The van der Waals surface area contributed by atoms with E-state index in [1.165, 1.54) is 6.34 Å². The maximum Gasteiger partial charge on any atom is 0.259 e. The molecule has 1 amide bonds. The number of carbonyl (C=O) groups excluding carboxylic acids is 1. The third kappa shape index (κ3) is 0.884. The van der Waals surface area contributed by atoms with Crippen molar-refractivity contribution in [3.05, 3.63) is 0 Å². The normalized spacial score (nSPS) is 29.4. The van der Waals surface area contributed by atoms with Crippen LogP contribution in [0.15, 0.2) is 15.0 Å². The van der Waals surface area contributed by atoms with Gasteiger partial charge in [-0.25, -0.2) is 4.99 Å². The molecule has 0 aliphatic carbocycles. The van der Waals surface area contributed by atoms with Crippen molar-refractivity contribution in [1.29, 1.82) is 0 Å². The number of nitrogens with one attached hydrogen (secondary N) is 2. The van der Waals surface area contributed by atoms with Crippen LogP contribution < -0.4 is 10.6 Å². The molecular formula is C6H7N5O. The second kappa shape index (κ2) is 2.40. The summed E-state index contributed by atoms with van der Waals surface area (Å²) in [4.78, 5) is 22.7. The maximum atomic E-state index is 11.2. The number of hydrogen-bond acceptors (Lipinski definition) is 4. The summed E-state index contributed by atoms with van der Waals surface area (Å²) in [5.41, 5.74) is 0. The molecule has 2 aliphatic heterocycles. The van der Waals surface area contributed by atoms with Crippen LogP contribution in [0.3, 0.4) is 0 Å². The molecule has 0 saturated carbocycles. The van der Waals surface area contributed by atoms with Gasteiger partial charge in [0.25, 0.3) is 5.91 Å². The summed E-state index contributed by atoms with van der Waals surface area (Å²) in [6, 6.07) is -0.504. The van der Waals surface area contributed by atoms with E-state index in [0.717, 1.165) is 0 Å². The Morgan fingerprint density at radius 2 is 2.42 bits per heavy atom. The van der Waals surface area contributed by atoms with Crippen molar-refractivity contribution >= 4 is 24.0 Å².